The molecule has 0 aliphatic rings. The van der Waals surface area contributed by atoms with Crippen molar-refractivity contribution < 1.29 is 41.0 Å². The monoisotopic (exact) mass is 592 g/mol. The molecule has 0 radical (unpaired) electrons. The van der Waals surface area contributed by atoms with E-state index in [1.807, 2.05) is 19.0 Å². The van der Waals surface area contributed by atoms with Crippen molar-refractivity contribution in [3.63, 3.8) is 0 Å². The van der Waals surface area contributed by atoms with Crippen molar-refractivity contribution in [3.05, 3.63) is 75.9 Å². The summed E-state index contributed by atoms with van der Waals surface area (Å²) in [6.07, 6.45) is -7.51. The van der Waals surface area contributed by atoms with Crippen LogP contribution in [0, 0.1) is 0 Å². The van der Waals surface area contributed by atoms with Gasteiger partial charge in [0.1, 0.15) is 5.56 Å². The first kappa shape index (κ1) is 32.8. The Balaban J connectivity index is 0.000000294. The maximum atomic E-state index is 12.4. The molecule has 0 saturated heterocycles. The molecule has 0 spiro atoms. The first-order valence-electron chi connectivity index (χ1n) is 11.7. The maximum absolute atomic E-state index is 12.4. The van der Waals surface area contributed by atoms with Crippen molar-refractivity contribution in [2.24, 2.45) is 0 Å². The number of ether oxygens (including phenoxy) is 1. The van der Waals surface area contributed by atoms with E-state index in [1.54, 1.807) is 24.3 Å². The molecule has 3 rings (SSSR count). The Kier molecular flexibility index (Phi) is 11.7. The summed E-state index contributed by atoms with van der Waals surface area (Å²) in [6.45, 7) is 1.27. The molecule has 2 aromatic carbocycles. The van der Waals surface area contributed by atoms with Crippen LogP contribution in [0.5, 0.6) is 6.01 Å². The molecule has 0 aliphatic carbocycles. The van der Waals surface area contributed by atoms with E-state index in [-0.39, 0.29) is 35.4 Å². The Morgan fingerprint density at radius 3 is 2.15 bits per heavy atom. The van der Waals surface area contributed by atoms with Crippen LogP contribution in [0.3, 0.4) is 0 Å². The molecule has 3 aromatic rings. The van der Waals surface area contributed by atoms with Crippen LogP contribution in [0.2, 0.25) is 5.02 Å². The number of aromatic carboxylic acids is 1. The van der Waals surface area contributed by atoms with Crippen molar-refractivity contribution in [1.82, 2.24) is 20.2 Å². The van der Waals surface area contributed by atoms with Crippen LogP contribution < -0.4 is 10.1 Å². The molecule has 40 heavy (non-hydrogen) atoms. The van der Waals surface area contributed by atoms with Gasteiger partial charge in [-0.15, -0.1) is 0 Å². The third kappa shape index (κ3) is 9.96. The minimum Gasteiger partial charge on any atom is -0.478 e. The summed E-state index contributed by atoms with van der Waals surface area (Å²) >= 11 is 6.15. The van der Waals surface area contributed by atoms with Gasteiger partial charge in [-0.2, -0.15) is 31.3 Å². The Bertz CT molecular complexity index is 1250. The van der Waals surface area contributed by atoms with Crippen molar-refractivity contribution in [2.45, 2.75) is 25.3 Å². The highest BCUT2D eigenvalue weighted by atomic mass is 35.5. The van der Waals surface area contributed by atoms with Gasteiger partial charge < -0.3 is 20.1 Å². The van der Waals surface area contributed by atoms with E-state index in [4.69, 9.17) is 16.3 Å². The number of rotatable bonds is 9. The van der Waals surface area contributed by atoms with Crippen LogP contribution in [0.25, 0.3) is 11.3 Å². The normalized spacial score (nSPS) is 11.7. The molecule has 218 valence electrons. The Morgan fingerprint density at radius 2 is 1.65 bits per heavy atom. The molecule has 0 fully saturated rings. The fraction of sp³-hybridized carbons (Fsp3) is 0.346. The van der Waals surface area contributed by atoms with Gasteiger partial charge in [0.2, 0.25) is 0 Å². The zero-order valence-electron chi connectivity index (χ0n) is 21.7. The quantitative estimate of drug-likeness (QED) is 0.224. The number of hydrogen-bond donors (Lipinski definition) is 2. The number of aromatic nitrogens is 2. The van der Waals surface area contributed by atoms with E-state index in [0.29, 0.717) is 29.3 Å². The molecule has 0 unspecified atom stereocenters. The first-order chi connectivity index (χ1) is 18.6. The summed E-state index contributed by atoms with van der Waals surface area (Å²) in [5.41, 5.74) is -1.88. The van der Waals surface area contributed by atoms with Crippen molar-refractivity contribution in [1.29, 1.82) is 0 Å². The summed E-state index contributed by atoms with van der Waals surface area (Å²) < 4.78 is 79.8. The number of carbonyl (C=O) groups is 1. The second kappa shape index (κ2) is 14.3. The van der Waals surface area contributed by atoms with Gasteiger partial charge in [-0.05, 0) is 57.4 Å². The molecule has 0 aliphatic heterocycles. The zero-order chi connectivity index (χ0) is 30.1. The van der Waals surface area contributed by atoms with E-state index < -0.39 is 29.4 Å². The summed E-state index contributed by atoms with van der Waals surface area (Å²) in [6, 6.07) is 8.59. The second-order valence-electron chi connectivity index (χ2n) is 8.65. The Hall–Kier alpha value is -3.42. The minimum absolute atomic E-state index is 0.0151. The molecule has 0 bridgehead atoms. The highest BCUT2D eigenvalue weighted by molar-refractivity contribution is 6.33. The lowest BCUT2D eigenvalue weighted by Gasteiger charge is -2.13. The van der Waals surface area contributed by atoms with Gasteiger partial charge in [-0.3, -0.25) is 0 Å². The fourth-order valence-corrected chi connectivity index (χ4v) is 3.55. The molecule has 2 N–H and O–H groups in total. The summed E-state index contributed by atoms with van der Waals surface area (Å²) in [5.74, 6) is -1.11. The number of benzene rings is 2. The number of nitrogens with one attached hydrogen (secondary N) is 1. The van der Waals surface area contributed by atoms with Gasteiger partial charge in [-0.1, -0.05) is 29.8 Å². The van der Waals surface area contributed by atoms with Crippen LogP contribution >= 0.6 is 11.6 Å². The molecule has 14 heteroatoms. The third-order valence-electron chi connectivity index (χ3n) is 5.14. The van der Waals surface area contributed by atoms with E-state index in [9.17, 15) is 36.2 Å². The predicted molar refractivity (Wildman–Crippen MR) is 137 cm³/mol. The Morgan fingerprint density at radius 1 is 1.05 bits per heavy atom. The second-order valence-corrected chi connectivity index (χ2v) is 9.06. The molecular formula is C26H27ClF6N4O3. The highest BCUT2D eigenvalue weighted by Crippen LogP contribution is 2.36. The van der Waals surface area contributed by atoms with Crippen molar-refractivity contribution in [2.75, 3.05) is 34.3 Å². The van der Waals surface area contributed by atoms with Crippen LogP contribution in [-0.4, -0.2) is 60.2 Å². The Labute approximate surface area is 231 Å². The number of hydrogen-bond acceptors (Lipinski definition) is 6. The standard InChI is InChI=1S/C16H18ClN3O3.C10H9F6N/c1-20(2)8-5-9-23-16-18-10-12(15(21)22)14(19-16)11-6-3-4-7-13(11)17;1-17-5-6-2-7(9(11,12)13)4-8(3-6)10(14,15)16/h3-4,6-7,10H,5,8-9H2,1-2H3,(H,21,22);2-4,17H,5H2,1H3. The van der Waals surface area contributed by atoms with Crippen LogP contribution in [-0.2, 0) is 18.9 Å². The third-order valence-corrected chi connectivity index (χ3v) is 5.46. The lowest BCUT2D eigenvalue weighted by atomic mass is 10.0. The topological polar surface area (TPSA) is 87.6 Å². The van der Waals surface area contributed by atoms with E-state index in [2.05, 4.69) is 15.3 Å². The van der Waals surface area contributed by atoms with Crippen LogP contribution in [0.15, 0.2) is 48.7 Å². The van der Waals surface area contributed by atoms with Crippen molar-refractivity contribution in [3.8, 4) is 17.3 Å². The number of carboxylic acid groups (broad SMARTS) is 1. The lowest BCUT2D eigenvalue weighted by molar-refractivity contribution is -0.143. The fourth-order valence-electron chi connectivity index (χ4n) is 3.32. The maximum Gasteiger partial charge on any atom is 0.416 e. The van der Waals surface area contributed by atoms with E-state index in [0.717, 1.165) is 13.0 Å². The average molecular weight is 593 g/mol. The number of carboxylic acids is 1. The summed E-state index contributed by atoms with van der Waals surface area (Å²) in [4.78, 5) is 21.6. The highest BCUT2D eigenvalue weighted by Gasteiger charge is 2.36. The molecule has 1 aromatic heterocycles. The molecule has 0 amide bonds. The van der Waals surface area contributed by atoms with E-state index in [1.165, 1.54) is 13.2 Å². The van der Waals surface area contributed by atoms with Gasteiger partial charge in [0.15, 0.2) is 0 Å². The van der Waals surface area contributed by atoms with Crippen LogP contribution in [0.4, 0.5) is 26.3 Å². The first-order valence-corrected chi connectivity index (χ1v) is 12.1. The van der Waals surface area contributed by atoms with Gasteiger partial charge in [0, 0.05) is 29.9 Å². The summed E-state index contributed by atoms with van der Waals surface area (Å²) in [5, 5.41) is 12.2. The number of nitrogens with zero attached hydrogens (tertiary/aromatic N) is 3. The van der Waals surface area contributed by atoms with E-state index >= 15 is 0 Å². The molecule has 7 nitrogen and oxygen atoms in total. The number of alkyl halides is 6. The average Bonchev–Trinajstić information content (AvgIpc) is 2.86. The molecule has 0 saturated carbocycles. The molecular weight excluding hydrogens is 566 g/mol. The zero-order valence-corrected chi connectivity index (χ0v) is 22.5. The van der Waals surface area contributed by atoms with Gasteiger partial charge >= 0.3 is 24.3 Å². The van der Waals surface area contributed by atoms with Gasteiger partial charge in [0.25, 0.3) is 0 Å². The largest absolute Gasteiger partial charge is 0.478 e. The molecule has 0 atom stereocenters. The molecule has 1 heterocycles. The SMILES string of the molecule is CN(C)CCCOc1ncc(C(=O)O)c(-c2ccccc2Cl)n1.CNCc1cc(C(F)(F)F)cc(C(F)(F)F)c1. The van der Waals surface area contributed by atoms with Gasteiger partial charge in [-0.25, -0.2) is 9.78 Å². The predicted octanol–water partition coefficient (Wildman–Crippen LogP) is 6.27. The van der Waals surface area contributed by atoms with Crippen LogP contribution in [0.1, 0.15) is 33.5 Å². The van der Waals surface area contributed by atoms with Crippen molar-refractivity contribution >= 4 is 17.6 Å². The lowest BCUT2D eigenvalue weighted by Crippen LogP contribution is -2.16. The minimum atomic E-state index is -4.79. The smallest absolute Gasteiger partial charge is 0.416 e. The number of halogens is 7. The van der Waals surface area contributed by atoms with Gasteiger partial charge in [0.05, 0.1) is 23.4 Å². The summed E-state index contributed by atoms with van der Waals surface area (Å²) in [7, 11) is 5.40.